The second-order valence-corrected chi connectivity index (χ2v) is 8.85. The van der Waals surface area contributed by atoms with Crippen LogP contribution in [-0.4, -0.2) is 30.1 Å². The highest BCUT2D eigenvalue weighted by Crippen LogP contribution is 2.38. The molecule has 1 aliphatic rings. The van der Waals surface area contributed by atoms with Gasteiger partial charge in [-0.2, -0.15) is 0 Å². The summed E-state index contributed by atoms with van der Waals surface area (Å²) in [5.41, 5.74) is -0.953. The lowest BCUT2D eigenvalue weighted by atomic mass is 9.75. The van der Waals surface area contributed by atoms with Crippen LogP contribution in [0.15, 0.2) is 36.4 Å². The standard InChI is InChI=1S/C21H27BO5/c1-19(2,3)25-18(23)24-16-13-12-14-10-8-9-11-15(14)17(16)22-26-20(4,5)21(6,7)27-22/h8-13H,1-7H3. The number of carbonyl (C=O) groups is 1. The molecule has 0 bridgehead atoms. The van der Waals surface area contributed by atoms with Crippen LogP contribution in [-0.2, 0) is 14.0 Å². The van der Waals surface area contributed by atoms with Gasteiger partial charge in [0.2, 0.25) is 0 Å². The molecule has 144 valence electrons. The van der Waals surface area contributed by atoms with E-state index in [4.69, 9.17) is 18.8 Å². The van der Waals surface area contributed by atoms with E-state index in [9.17, 15) is 4.79 Å². The van der Waals surface area contributed by atoms with E-state index in [0.717, 1.165) is 10.8 Å². The lowest BCUT2D eigenvalue weighted by Crippen LogP contribution is -2.41. The maximum Gasteiger partial charge on any atom is 0.514 e. The van der Waals surface area contributed by atoms with Crippen LogP contribution in [0, 0.1) is 0 Å². The summed E-state index contributed by atoms with van der Waals surface area (Å²) in [5.74, 6) is 0.376. The molecule has 0 atom stereocenters. The van der Waals surface area contributed by atoms with Crippen LogP contribution in [0.25, 0.3) is 10.8 Å². The zero-order chi connectivity index (χ0) is 20.0. The summed E-state index contributed by atoms with van der Waals surface area (Å²) in [4.78, 5) is 12.3. The molecule has 1 aliphatic heterocycles. The van der Waals surface area contributed by atoms with E-state index in [1.54, 1.807) is 26.8 Å². The van der Waals surface area contributed by atoms with Crippen molar-refractivity contribution in [2.75, 3.05) is 0 Å². The molecule has 2 aromatic carbocycles. The van der Waals surface area contributed by atoms with Gasteiger partial charge in [-0.05, 0) is 65.3 Å². The van der Waals surface area contributed by atoms with Crippen molar-refractivity contribution in [1.82, 2.24) is 0 Å². The molecule has 0 unspecified atom stereocenters. The molecule has 0 aliphatic carbocycles. The van der Waals surface area contributed by atoms with Gasteiger partial charge in [0.15, 0.2) is 0 Å². The zero-order valence-corrected chi connectivity index (χ0v) is 17.1. The summed E-state index contributed by atoms with van der Waals surface area (Å²) in [5, 5.41) is 1.93. The lowest BCUT2D eigenvalue weighted by Gasteiger charge is -2.32. The number of benzene rings is 2. The molecule has 1 saturated heterocycles. The van der Waals surface area contributed by atoms with Crippen LogP contribution in [0.4, 0.5) is 4.79 Å². The largest absolute Gasteiger partial charge is 0.514 e. The van der Waals surface area contributed by atoms with Crippen molar-refractivity contribution in [1.29, 1.82) is 0 Å². The van der Waals surface area contributed by atoms with Gasteiger partial charge in [-0.1, -0.05) is 30.3 Å². The molecule has 0 spiro atoms. The normalized spacial score (nSPS) is 18.6. The summed E-state index contributed by atoms with van der Waals surface area (Å²) >= 11 is 0. The molecule has 27 heavy (non-hydrogen) atoms. The van der Waals surface area contributed by atoms with Crippen LogP contribution in [0.2, 0.25) is 0 Å². The first-order valence-electron chi connectivity index (χ1n) is 9.18. The number of rotatable bonds is 2. The predicted octanol–water partition coefficient (Wildman–Crippen LogP) is 4.45. The number of carbonyl (C=O) groups excluding carboxylic acids is 1. The Kier molecular flexibility index (Phi) is 4.77. The third kappa shape index (κ3) is 3.97. The second-order valence-electron chi connectivity index (χ2n) is 8.85. The highest BCUT2D eigenvalue weighted by molar-refractivity contribution is 6.66. The van der Waals surface area contributed by atoms with Crippen LogP contribution in [0.3, 0.4) is 0 Å². The van der Waals surface area contributed by atoms with Crippen LogP contribution in [0.5, 0.6) is 5.75 Å². The molecule has 0 aromatic heterocycles. The van der Waals surface area contributed by atoms with Gasteiger partial charge in [0.25, 0.3) is 0 Å². The summed E-state index contributed by atoms with van der Waals surface area (Å²) in [6.45, 7) is 13.4. The molecule has 1 fully saturated rings. The van der Waals surface area contributed by atoms with Crippen molar-refractivity contribution in [3.05, 3.63) is 36.4 Å². The average molecular weight is 370 g/mol. The Morgan fingerprint density at radius 3 is 2.15 bits per heavy atom. The van der Waals surface area contributed by atoms with Crippen molar-refractivity contribution in [2.24, 2.45) is 0 Å². The minimum absolute atomic E-state index is 0.376. The van der Waals surface area contributed by atoms with E-state index in [0.29, 0.717) is 11.2 Å². The van der Waals surface area contributed by atoms with Gasteiger partial charge in [0.05, 0.1) is 11.2 Å². The van der Waals surface area contributed by atoms with E-state index in [1.165, 1.54) is 0 Å². The lowest BCUT2D eigenvalue weighted by molar-refractivity contribution is 0.00578. The fourth-order valence-corrected chi connectivity index (χ4v) is 2.93. The molecular formula is C21H27BO5. The molecule has 0 amide bonds. The second kappa shape index (κ2) is 6.53. The molecule has 0 N–H and O–H groups in total. The highest BCUT2D eigenvalue weighted by Gasteiger charge is 2.53. The quantitative estimate of drug-likeness (QED) is 0.444. The van der Waals surface area contributed by atoms with Crippen LogP contribution < -0.4 is 10.2 Å². The SMILES string of the molecule is CC(C)(C)OC(=O)Oc1ccc2ccccc2c1B1OC(C)(C)C(C)(C)O1. The van der Waals surface area contributed by atoms with Crippen molar-refractivity contribution in [3.8, 4) is 5.75 Å². The Bertz CT molecular complexity index is 850. The average Bonchev–Trinajstić information content (AvgIpc) is 2.72. The minimum Gasteiger partial charge on any atom is -0.428 e. The van der Waals surface area contributed by atoms with Crippen LogP contribution in [0.1, 0.15) is 48.5 Å². The van der Waals surface area contributed by atoms with E-state index in [1.807, 2.05) is 58.0 Å². The predicted molar refractivity (Wildman–Crippen MR) is 107 cm³/mol. The third-order valence-corrected chi connectivity index (χ3v) is 5.00. The Morgan fingerprint density at radius 1 is 0.963 bits per heavy atom. The van der Waals surface area contributed by atoms with Gasteiger partial charge in [-0.3, -0.25) is 0 Å². The molecule has 3 rings (SSSR count). The van der Waals surface area contributed by atoms with Crippen molar-refractivity contribution in [3.63, 3.8) is 0 Å². The Hall–Kier alpha value is -2.05. The molecule has 0 saturated carbocycles. The number of ether oxygens (including phenoxy) is 2. The van der Waals surface area contributed by atoms with Gasteiger partial charge in [-0.15, -0.1) is 0 Å². The third-order valence-electron chi connectivity index (χ3n) is 5.00. The van der Waals surface area contributed by atoms with Crippen molar-refractivity contribution < 1.29 is 23.6 Å². The molecule has 2 aromatic rings. The Balaban J connectivity index is 2.05. The summed E-state index contributed by atoms with van der Waals surface area (Å²) in [7, 11) is -0.654. The maximum absolute atomic E-state index is 12.3. The van der Waals surface area contributed by atoms with Gasteiger partial charge >= 0.3 is 13.3 Å². The summed E-state index contributed by atoms with van der Waals surface area (Å²) in [6, 6.07) is 11.5. The maximum atomic E-state index is 12.3. The molecule has 6 heteroatoms. The summed E-state index contributed by atoms with van der Waals surface area (Å²) in [6.07, 6.45) is -0.754. The van der Waals surface area contributed by atoms with Gasteiger partial charge < -0.3 is 18.8 Å². The number of hydrogen-bond donors (Lipinski definition) is 0. The molecule has 5 nitrogen and oxygen atoms in total. The zero-order valence-electron chi connectivity index (χ0n) is 17.1. The van der Waals surface area contributed by atoms with E-state index < -0.39 is 30.1 Å². The molecule has 1 heterocycles. The first-order valence-corrected chi connectivity index (χ1v) is 9.18. The fourth-order valence-electron chi connectivity index (χ4n) is 2.93. The molecule has 0 radical (unpaired) electrons. The first kappa shape index (κ1) is 19.7. The Labute approximate surface area is 161 Å². The molecular weight excluding hydrogens is 343 g/mol. The van der Waals surface area contributed by atoms with Gasteiger partial charge in [-0.25, -0.2) is 4.79 Å². The summed E-state index contributed by atoms with van der Waals surface area (Å²) < 4.78 is 23.3. The van der Waals surface area contributed by atoms with Crippen molar-refractivity contribution >= 4 is 29.5 Å². The number of hydrogen-bond acceptors (Lipinski definition) is 5. The monoisotopic (exact) mass is 370 g/mol. The first-order chi connectivity index (χ1) is 12.4. The topological polar surface area (TPSA) is 54.0 Å². The smallest absolute Gasteiger partial charge is 0.428 e. The van der Waals surface area contributed by atoms with E-state index in [-0.39, 0.29) is 0 Å². The highest BCUT2D eigenvalue weighted by atomic mass is 16.7. The van der Waals surface area contributed by atoms with E-state index >= 15 is 0 Å². The fraction of sp³-hybridized carbons (Fsp3) is 0.476. The van der Waals surface area contributed by atoms with E-state index in [2.05, 4.69) is 0 Å². The van der Waals surface area contributed by atoms with Gasteiger partial charge in [0.1, 0.15) is 11.4 Å². The van der Waals surface area contributed by atoms with Crippen molar-refractivity contribution in [2.45, 2.75) is 65.3 Å². The van der Waals surface area contributed by atoms with Crippen LogP contribution >= 0.6 is 0 Å². The number of fused-ring (bicyclic) bond motifs is 1. The Morgan fingerprint density at radius 2 is 1.56 bits per heavy atom. The van der Waals surface area contributed by atoms with Gasteiger partial charge in [0, 0.05) is 5.46 Å². The minimum atomic E-state index is -0.754.